The minimum atomic E-state index is -4.70. The van der Waals surface area contributed by atoms with E-state index in [0.717, 1.165) is 35.4 Å². The van der Waals surface area contributed by atoms with E-state index in [1.165, 1.54) is 24.4 Å². The first-order valence-corrected chi connectivity index (χ1v) is 12.8. The molecule has 1 aliphatic heterocycles. The number of morpholine rings is 1. The summed E-state index contributed by atoms with van der Waals surface area (Å²) in [5, 5.41) is 8.83. The first-order valence-electron chi connectivity index (χ1n) is 12.4. The molecule has 0 aliphatic carbocycles. The van der Waals surface area contributed by atoms with Gasteiger partial charge in [0.05, 0.1) is 46.8 Å². The van der Waals surface area contributed by atoms with Crippen molar-refractivity contribution in [2.24, 2.45) is 0 Å². The van der Waals surface area contributed by atoms with Crippen molar-refractivity contribution in [1.82, 2.24) is 15.0 Å². The second kappa shape index (κ2) is 12.6. The van der Waals surface area contributed by atoms with Gasteiger partial charge in [-0.1, -0.05) is 17.7 Å². The SMILES string of the molecule is Cc1cc(-c2ccc(F)c(Cl)c2)nc(N2CCOC[C@@H]2C)c1.O=C(O)c1cnc(-c2ccccn2)c(C(F)(F)F)c1. The van der Waals surface area contributed by atoms with Crippen molar-refractivity contribution in [3.05, 3.63) is 94.5 Å². The van der Waals surface area contributed by atoms with Crippen LogP contribution in [0.3, 0.4) is 0 Å². The zero-order valence-electron chi connectivity index (χ0n) is 22.0. The highest BCUT2D eigenvalue weighted by Gasteiger charge is 2.35. The maximum Gasteiger partial charge on any atom is 0.418 e. The number of halogens is 5. The van der Waals surface area contributed by atoms with E-state index in [9.17, 15) is 22.4 Å². The quantitative estimate of drug-likeness (QED) is 0.258. The van der Waals surface area contributed by atoms with Crippen LogP contribution in [0.5, 0.6) is 0 Å². The highest BCUT2D eigenvalue weighted by Crippen LogP contribution is 2.35. The number of alkyl halides is 3. The van der Waals surface area contributed by atoms with Crippen molar-refractivity contribution < 1.29 is 32.2 Å². The van der Waals surface area contributed by atoms with E-state index in [1.54, 1.807) is 18.2 Å². The normalized spacial score (nSPS) is 15.2. The molecule has 1 atom stereocenters. The summed E-state index contributed by atoms with van der Waals surface area (Å²) in [7, 11) is 0. The van der Waals surface area contributed by atoms with Gasteiger partial charge in [0.15, 0.2) is 0 Å². The summed E-state index contributed by atoms with van der Waals surface area (Å²) in [5.74, 6) is -0.961. The van der Waals surface area contributed by atoms with Gasteiger partial charge in [-0.2, -0.15) is 13.2 Å². The van der Waals surface area contributed by atoms with Crippen LogP contribution in [0.15, 0.2) is 67.0 Å². The molecule has 1 N–H and O–H groups in total. The second-order valence-corrected chi connectivity index (χ2v) is 9.68. The van der Waals surface area contributed by atoms with Gasteiger partial charge in [-0.3, -0.25) is 9.97 Å². The minimum absolute atomic E-state index is 0.0340. The Labute approximate surface area is 238 Å². The number of ether oxygens (including phenoxy) is 1. The molecule has 4 aromatic rings. The number of anilines is 1. The van der Waals surface area contributed by atoms with Crippen LogP contribution >= 0.6 is 11.6 Å². The zero-order chi connectivity index (χ0) is 29.7. The van der Waals surface area contributed by atoms with E-state index in [-0.39, 0.29) is 16.8 Å². The van der Waals surface area contributed by atoms with Crippen LogP contribution < -0.4 is 4.90 Å². The van der Waals surface area contributed by atoms with E-state index in [1.807, 2.05) is 13.0 Å². The van der Waals surface area contributed by atoms with Gasteiger partial charge in [0.1, 0.15) is 17.3 Å². The lowest BCUT2D eigenvalue weighted by atomic mass is 10.1. The molecule has 4 heterocycles. The van der Waals surface area contributed by atoms with E-state index in [0.29, 0.717) is 19.3 Å². The van der Waals surface area contributed by atoms with Crippen molar-refractivity contribution in [3.63, 3.8) is 0 Å². The standard InChI is InChI=1S/C17H18ClFN2O.C12H7F3N2O2/c1-11-7-16(13-3-4-15(19)14(18)9-13)20-17(8-11)21-5-6-22-10-12(21)2;13-12(14,15)8-5-7(11(18)19)6-17-10(8)9-3-1-2-4-16-9/h3-4,7-9,12H,5-6,10H2,1-2H3;1-6H,(H,18,19)/t12-;/m0./s1. The van der Waals surface area contributed by atoms with Crippen LogP contribution in [0, 0.1) is 12.7 Å². The predicted molar refractivity (Wildman–Crippen MR) is 146 cm³/mol. The van der Waals surface area contributed by atoms with Crippen LogP contribution in [-0.4, -0.2) is 51.8 Å². The van der Waals surface area contributed by atoms with Crippen molar-refractivity contribution in [3.8, 4) is 22.6 Å². The molecular formula is C29H25ClF4N4O3. The van der Waals surface area contributed by atoms with Gasteiger partial charge in [0, 0.05) is 24.5 Å². The molecule has 3 aromatic heterocycles. The number of rotatable bonds is 4. The third-order valence-corrected chi connectivity index (χ3v) is 6.47. The average molecular weight is 589 g/mol. The van der Waals surface area contributed by atoms with Crippen LogP contribution in [0.2, 0.25) is 5.02 Å². The molecule has 0 unspecified atom stereocenters. The Morgan fingerprint density at radius 3 is 2.51 bits per heavy atom. The summed E-state index contributed by atoms with van der Waals surface area (Å²) in [5.41, 5.74) is 0.731. The Morgan fingerprint density at radius 1 is 1.10 bits per heavy atom. The molecule has 41 heavy (non-hydrogen) atoms. The third kappa shape index (κ3) is 7.36. The lowest BCUT2D eigenvalue weighted by Gasteiger charge is -2.34. The van der Waals surface area contributed by atoms with Crippen LogP contribution in [-0.2, 0) is 10.9 Å². The van der Waals surface area contributed by atoms with Crippen molar-refractivity contribution >= 4 is 23.4 Å². The van der Waals surface area contributed by atoms with Gasteiger partial charge in [-0.15, -0.1) is 0 Å². The van der Waals surface area contributed by atoms with E-state index >= 15 is 0 Å². The number of pyridine rings is 3. The van der Waals surface area contributed by atoms with E-state index in [2.05, 4.69) is 27.9 Å². The molecule has 0 amide bonds. The first kappa shape index (κ1) is 29.9. The van der Waals surface area contributed by atoms with Gasteiger partial charge >= 0.3 is 12.1 Å². The molecule has 1 fully saturated rings. The number of aromatic nitrogens is 3. The molecule has 0 bridgehead atoms. The molecule has 1 aromatic carbocycles. The number of benzene rings is 1. The highest BCUT2D eigenvalue weighted by atomic mass is 35.5. The number of aromatic carboxylic acids is 1. The molecular weight excluding hydrogens is 564 g/mol. The maximum atomic E-state index is 13.3. The van der Waals surface area contributed by atoms with E-state index < -0.39 is 34.8 Å². The summed E-state index contributed by atoms with van der Waals surface area (Å²) in [6.45, 7) is 6.38. The molecule has 0 radical (unpaired) electrons. The Hall–Kier alpha value is -4.09. The van der Waals surface area contributed by atoms with Gasteiger partial charge in [0.25, 0.3) is 0 Å². The van der Waals surface area contributed by atoms with Crippen LogP contribution in [0.1, 0.15) is 28.4 Å². The number of hydrogen-bond donors (Lipinski definition) is 1. The summed E-state index contributed by atoms with van der Waals surface area (Å²) < 4.78 is 57.6. The lowest BCUT2D eigenvalue weighted by molar-refractivity contribution is -0.137. The summed E-state index contributed by atoms with van der Waals surface area (Å²) in [4.78, 5) is 25.0. The van der Waals surface area contributed by atoms with Gasteiger partial charge in [-0.05, 0) is 67.9 Å². The number of carboxylic acids is 1. The number of nitrogens with zero attached hydrogens (tertiary/aromatic N) is 4. The fraction of sp³-hybridized carbons (Fsp3) is 0.241. The Morgan fingerprint density at radius 2 is 1.88 bits per heavy atom. The Kier molecular flexibility index (Phi) is 9.19. The Bertz CT molecular complexity index is 1540. The maximum absolute atomic E-state index is 13.3. The van der Waals surface area contributed by atoms with Crippen LogP contribution in [0.25, 0.3) is 22.6 Å². The van der Waals surface area contributed by atoms with Crippen LogP contribution in [0.4, 0.5) is 23.4 Å². The summed E-state index contributed by atoms with van der Waals surface area (Å²) >= 11 is 5.89. The smallest absolute Gasteiger partial charge is 0.418 e. The fourth-order valence-electron chi connectivity index (χ4n) is 4.17. The molecule has 1 saturated heterocycles. The molecule has 1 aliphatic rings. The van der Waals surface area contributed by atoms with Gasteiger partial charge in [0.2, 0.25) is 0 Å². The summed E-state index contributed by atoms with van der Waals surface area (Å²) in [6.07, 6.45) is -2.49. The number of aryl methyl sites for hydroxylation is 1. The minimum Gasteiger partial charge on any atom is -0.478 e. The zero-order valence-corrected chi connectivity index (χ0v) is 22.7. The molecule has 5 rings (SSSR count). The second-order valence-electron chi connectivity index (χ2n) is 9.27. The fourth-order valence-corrected chi connectivity index (χ4v) is 4.35. The van der Waals surface area contributed by atoms with Crippen molar-refractivity contribution in [1.29, 1.82) is 0 Å². The largest absolute Gasteiger partial charge is 0.478 e. The molecule has 0 saturated carbocycles. The summed E-state index contributed by atoms with van der Waals surface area (Å²) in [6, 6.07) is 14.0. The molecule has 0 spiro atoms. The van der Waals surface area contributed by atoms with Crippen molar-refractivity contribution in [2.75, 3.05) is 24.7 Å². The number of carbonyl (C=O) groups is 1. The van der Waals surface area contributed by atoms with E-state index in [4.69, 9.17) is 26.4 Å². The topological polar surface area (TPSA) is 88.4 Å². The van der Waals surface area contributed by atoms with Crippen molar-refractivity contribution in [2.45, 2.75) is 26.1 Å². The van der Waals surface area contributed by atoms with Gasteiger partial charge < -0.3 is 14.7 Å². The predicted octanol–water partition coefficient (Wildman–Crippen LogP) is 6.94. The third-order valence-electron chi connectivity index (χ3n) is 6.18. The lowest BCUT2D eigenvalue weighted by Crippen LogP contribution is -2.44. The first-order chi connectivity index (χ1) is 19.4. The highest BCUT2D eigenvalue weighted by molar-refractivity contribution is 6.31. The Balaban J connectivity index is 0.000000191. The molecule has 214 valence electrons. The number of carboxylic acid groups (broad SMARTS) is 1. The van der Waals surface area contributed by atoms with Gasteiger partial charge in [-0.25, -0.2) is 14.2 Å². The monoisotopic (exact) mass is 588 g/mol. The number of hydrogen-bond acceptors (Lipinski definition) is 6. The molecule has 12 heteroatoms. The average Bonchev–Trinajstić information content (AvgIpc) is 2.94. The molecule has 7 nitrogen and oxygen atoms in total.